The number of nitrogens with two attached hydrogens (primary N) is 1. The van der Waals surface area contributed by atoms with E-state index in [1.165, 1.54) is 38.6 Å². The van der Waals surface area contributed by atoms with Crippen molar-refractivity contribution in [3.05, 3.63) is 0 Å². The molecule has 0 aliphatic carbocycles. The first-order chi connectivity index (χ1) is 8.53. The van der Waals surface area contributed by atoms with E-state index in [0.717, 1.165) is 26.1 Å². The summed E-state index contributed by atoms with van der Waals surface area (Å²) in [7, 11) is 2.22. The Balaban J connectivity index is 2.10. The third-order valence-electron chi connectivity index (χ3n) is 4.00. The fraction of sp³-hybridized carbons (Fsp3) is 1.00. The highest BCUT2D eigenvalue weighted by atomic mass is 16.5. The second-order valence-corrected chi connectivity index (χ2v) is 6.56. The van der Waals surface area contributed by atoms with Crippen LogP contribution in [0.15, 0.2) is 0 Å². The lowest BCUT2D eigenvalue weighted by atomic mass is 9.84. The molecule has 1 saturated heterocycles. The summed E-state index contributed by atoms with van der Waals surface area (Å²) in [6, 6.07) is 0. The average Bonchev–Trinajstić information content (AvgIpc) is 2.29. The van der Waals surface area contributed by atoms with E-state index in [0.29, 0.717) is 11.5 Å². The van der Waals surface area contributed by atoms with Gasteiger partial charge in [0.25, 0.3) is 0 Å². The fourth-order valence-electron chi connectivity index (χ4n) is 2.73. The highest BCUT2D eigenvalue weighted by Crippen LogP contribution is 2.25. The molecule has 0 saturated carbocycles. The van der Waals surface area contributed by atoms with Crippen LogP contribution in [0.4, 0.5) is 0 Å². The van der Waals surface area contributed by atoms with Crippen molar-refractivity contribution in [2.75, 3.05) is 33.3 Å². The van der Waals surface area contributed by atoms with Crippen LogP contribution in [0.3, 0.4) is 0 Å². The predicted octanol–water partition coefficient (Wildman–Crippen LogP) is 2.64. The quantitative estimate of drug-likeness (QED) is 0.725. The molecule has 1 aliphatic rings. The Bertz CT molecular complexity index is 213. The molecule has 1 unspecified atom stereocenters. The molecule has 0 spiro atoms. The fourth-order valence-corrected chi connectivity index (χ4v) is 2.73. The number of hydrogen-bond acceptors (Lipinski definition) is 3. The molecule has 108 valence electrons. The number of hydrogen-bond donors (Lipinski definition) is 1. The van der Waals surface area contributed by atoms with E-state index in [1.807, 2.05) is 0 Å². The van der Waals surface area contributed by atoms with Gasteiger partial charge in [0.15, 0.2) is 0 Å². The normalized spacial score (nSPS) is 21.5. The highest BCUT2D eigenvalue weighted by Gasteiger charge is 2.18. The summed E-state index contributed by atoms with van der Waals surface area (Å²) in [4.78, 5) is 2.43. The molecule has 3 heteroatoms. The Morgan fingerprint density at radius 3 is 2.67 bits per heavy atom. The smallest absolute Gasteiger partial charge is 0.0701 e. The molecular formula is C15H32N2O. The number of rotatable bonds is 8. The van der Waals surface area contributed by atoms with Crippen LogP contribution in [-0.2, 0) is 4.74 Å². The first-order valence-electron chi connectivity index (χ1n) is 7.54. The van der Waals surface area contributed by atoms with E-state index >= 15 is 0 Å². The summed E-state index contributed by atoms with van der Waals surface area (Å²) in [5, 5.41) is 0. The minimum absolute atomic E-state index is 0.400. The maximum atomic E-state index is 5.78. The number of nitrogens with zero attached hydrogens (tertiary/aromatic N) is 1. The van der Waals surface area contributed by atoms with E-state index in [4.69, 9.17) is 10.5 Å². The van der Waals surface area contributed by atoms with Crippen molar-refractivity contribution in [1.82, 2.24) is 4.90 Å². The SMILES string of the molecule is CN(CCCC(C)(C)CCN)CC1CCCCO1. The topological polar surface area (TPSA) is 38.5 Å². The van der Waals surface area contributed by atoms with Crippen molar-refractivity contribution in [1.29, 1.82) is 0 Å². The van der Waals surface area contributed by atoms with Crippen molar-refractivity contribution in [2.45, 2.75) is 58.5 Å². The van der Waals surface area contributed by atoms with Crippen LogP contribution < -0.4 is 5.73 Å². The predicted molar refractivity (Wildman–Crippen MR) is 77.8 cm³/mol. The average molecular weight is 256 g/mol. The monoisotopic (exact) mass is 256 g/mol. The van der Waals surface area contributed by atoms with Gasteiger partial charge < -0.3 is 15.4 Å². The van der Waals surface area contributed by atoms with Gasteiger partial charge in [0.05, 0.1) is 6.10 Å². The molecule has 1 atom stereocenters. The zero-order chi connectivity index (χ0) is 13.4. The third-order valence-corrected chi connectivity index (χ3v) is 4.00. The van der Waals surface area contributed by atoms with Gasteiger partial charge in [0, 0.05) is 13.2 Å². The molecule has 0 aromatic rings. The van der Waals surface area contributed by atoms with Crippen molar-refractivity contribution in [2.24, 2.45) is 11.1 Å². The van der Waals surface area contributed by atoms with Crippen molar-refractivity contribution in [3.8, 4) is 0 Å². The Labute approximate surface area is 113 Å². The second kappa shape index (κ2) is 8.13. The van der Waals surface area contributed by atoms with Crippen LogP contribution in [0.5, 0.6) is 0 Å². The first-order valence-corrected chi connectivity index (χ1v) is 7.54. The van der Waals surface area contributed by atoms with Gasteiger partial charge >= 0.3 is 0 Å². The van der Waals surface area contributed by atoms with Crippen LogP contribution in [0.1, 0.15) is 52.4 Å². The van der Waals surface area contributed by atoms with Gasteiger partial charge in [0.2, 0.25) is 0 Å². The maximum absolute atomic E-state index is 5.78. The summed E-state index contributed by atoms with van der Waals surface area (Å²) in [5.41, 5.74) is 6.04. The molecule has 1 heterocycles. The van der Waals surface area contributed by atoms with Gasteiger partial charge in [0.1, 0.15) is 0 Å². The molecule has 0 amide bonds. The van der Waals surface area contributed by atoms with Gasteiger partial charge in [-0.05, 0) is 64.1 Å². The molecule has 2 N–H and O–H groups in total. The molecule has 3 nitrogen and oxygen atoms in total. The van der Waals surface area contributed by atoms with Crippen LogP contribution in [0.2, 0.25) is 0 Å². The third kappa shape index (κ3) is 6.72. The van der Waals surface area contributed by atoms with Crippen LogP contribution in [0, 0.1) is 5.41 Å². The minimum atomic E-state index is 0.400. The summed E-state index contributed by atoms with van der Waals surface area (Å²) in [5.74, 6) is 0. The molecule has 0 radical (unpaired) electrons. The number of ether oxygens (including phenoxy) is 1. The molecule has 1 aliphatic heterocycles. The molecule has 1 fully saturated rings. The van der Waals surface area contributed by atoms with Crippen molar-refractivity contribution >= 4 is 0 Å². The van der Waals surface area contributed by atoms with E-state index in [1.54, 1.807) is 0 Å². The van der Waals surface area contributed by atoms with Gasteiger partial charge in [-0.2, -0.15) is 0 Å². The molecule has 0 aromatic heterocycles. The van der Waals surface area contributed by atoms with Crippen LogP contribution >= 0.6 is 0 Å². The molecular weight excluding hydrogens is 224 g/mol. The van der Waals surface area contributed by atoms with Crippen LogP contribution in [-0.4, -0.2) is 44.3 Å². The lowest BCUT2D eigenvalue weighted by molar-refractivity contribution is -0.00190. The van der Waals surface area contributed by atoms with Crippen molar-refractivity contribution in [3.63, 3.8) is 0 Å². The maximum Gasteiger partial charge on any atom is 0.0701 e. The Hall–Kier alpha value is -0.120. The van der Waals surface area contributed by atoms with Gasteiger partial charge in [-0.3, -0.25) is 0 Å². The second-order valence-electron chi connectivity index (χ2n) is 6.56. The minimum Gasteiger partial charge on any atom is -0.377 e. The molecule has 0 bridgehead atoms. The Kier molecular flexibility index (Phi) is 7.20. The Morgan fingerprint density at radius 1 is 1.28 bits per heavy atom. The lowest BCUT2D eigenvalue weighted by Gasteiger charge is -2.29. The zero-order valence-corrected chi connectivity index (χ0v) is 12.6. The van der Waals surface area contributed by atoms with Gasteiger partial charge in [-0.15, -0.1) is 0 Å². The lowest BCUT2D eigenvalue weighted by Crippen LogP contribution is -2.34. The standard InChI is InChI=1S/C15H32N2O/c1-15(2,9-10-16)8-6-11-17(3)13-14-7-4-5-12-18-14/h14H,4-13,16H2,1-3H3. The summed E-state index contributed by atoms with van der Waals surface area (Å²) < 4.78 is 5.78. The molecule has 0 aromatic carbocycles. The summed E-state index contributed by atoms with van der Waals surface area (Å²) in [6.45, 7) is 8.68. The zero-order valence-electron chi connectivity index (χ0n) is 12.6. The molecule has 18 heavy (non-hydrogen) atoms. The Morgan fingerprint density at radius 2 is 2.06 bits per heavy atom. The van der Waals surface area contributed by atoms with E-state index in [-0.39, 0.29) is 0 Å². The van der Waals surface area contributed by atoms with Crippen molar-refractivity contribution < 1.29 is 4.74 Å². The molecule has 1 rings (SSSR count). The first kappa shape index (κ1) is 15.9. The van der Waals surface area contributed by atoms with E-state index < -0.39 is 0 Å². The number of likely N-dealkylation sites (N-methyl/N-ethyl adjacent to an activating group) is 1. The van der Waals surface area contributed by atoms with Crippen LogP contribution in [0.25, 0.3) is 0 Å². The largest absolute Gasteiger partial charge is 0.377 e. The highest BCUT2D eigenvalue weighted by molar-refractivity contribution is 4.71. The van der Waals surface area contributed by atoms with E-state index in [2.05, 4.69) is 25.8 Å². The summed E-state index contributed by atoms with van der Waals surface area (Å²) in [6.07, 6.45) is 7.94. The summed E-state index contributed by atoms with van der Waals surface area (Å²) >= 11 is 0. The van der Waals surface area contributed by atoms with Gasteiger partial charge in [-0.25, -0.2) is 0 Å². The van der Waals surface area contributed by atoms with E-state index in [9.17, 15) is 0 Å². The van der Waals surface area contributed by atoms with Gasteiger partial charge in [-0.1, -0.05) is 13.8 Å².